The van der Waals surface area contributed by atoms with E-state index < -0.39 is 10.0 Å². The summed E-state index contributed by atoms with van der Waals surface area (Å²) >= 11 is 5.62. The second kappa shape index (κ2) is 8.16. The Balaban J connectivity index is 1.32. The van der Waals surface area contributed by atoms with Gasteiger partial charge in [0.2, 0.25) is 10.0 Å². The van der Waals surface area contributed by atoms with E-state index in [-0.39, 0.29) is 0 Å². The molecule has 2 aliphatic carbocycles. The number of benzene rings is 1. The summed E-state index contributed by atoms with van der Waals surface area (Å²) in [6, 6.07) is 7.17. The maximum absolute atomic E-state index is 12.9. The van der Waals surface area contributed by atoms with Crippen molar-refractivity contribution in [3.8, 4) is 5.75 Å². The molecule has 1 N–H and O–H groups in total. The Bertz CT molecular complexity index is 804. The monoisotopic (exact) mass is 423 g/mol. The fourth-order valence-corrected chi connectivity index (χ4v) is 6.58. The van der Waals surface area contributed by atoms with Gasteiger partial charge < -0.3 is 15.0 Å². The molecule has 154 valence electrons. The molecule has 8 heteroatoms. The second-order valence-corrected chi connectivity index (χ2v) is 10.4. The van der Waals surface area contributed by atoms with E-state index in [4.69, 9.17) is 17.0 Å². The minimum Gasteiger partial charge on any atom is -0.494 e. The molecule has 1 aliphatic heterocycles. The summed E-state index contributed by atoms with van der Waals surface area (Å²) in [5.41, 5.74) is 0. The van der Waals surface area contributed by atoms with Crippen LogP contribution in [0.15, 0.2) is 29.2 Å². The van der Waals surface area contributed by atoms with Crippen molar-refractivity contribution in [2.45, 2.75) is 43.5 Å². The number of hydrogen-bond donors (Lipinski definition) is 1. The summed E-state index contributed by atoms with van der Waals surface area (Å²) in [6.45, 7) is 4.62. The molecule has 1 aromatic carbocycles. The first-order valence-corrected chi connectivity index (χ1v) is 12.1. The molecular formula is C20H29N3O3S2. The number of nitrogens with one attached hydrogen (secondary N) is 1. The molecule has 0 amide bonds. The van der Waals surface area contributed by atoms with Crippen LogP contribution in [0.5, 0.6) is 5.75 Å². The topological polar surface area (TPSA) is 61.9 Å². The number of ether oxygens (including phenoxy) is 1. The fourth-order valence-electron chi connectivity index (χ4n) is 4.83. The number of fused-ring (bicyclic) bond motifs is 2. The maximum atomic E-state index is 12.9. The van der Waals surface area contributed by atoms with Crippen LogP contribution in [0.25, 0.3) is 0 Å². The van der Waals surface area contributed by atoms with Crippen molar-refractivity contribution in [2.24, 2.45) is 11.8 Å². The molecule has 2 bridgehead atoms. The zero-order valence-corrected chi connectivity index (χ0v) is 18.0. The average Bonchev–Trinajstić information content (AvgIpc) is 3.32. The van der Waals surface area contributed by atoms with Gasteiger partial charge in [0.25, 0.3) is 0 Å². The Hall–Kier alpha value is -1.38. The third kappa shape index (κ3) is 4.00. The van der Waals surface area contributed by atoms with E-state index in [0.29, 0.717) is 49.5 Å². The summed E-state index contributed by atoms with van der Waals surface area (Å²) in [4.78, 5) is 2.43. The minimum absolute atomic E-state index is 0.312. The largest absolute Gasteiger partial charge is 0.494 e. The summed E-state index contributed by atoms with van der Waals surface area (Å²) in [7, 11) is -3.48. The molecule has 3 aliphatic rings. The fraction of sp³-hybridized carbons (Fsp3) is 0.650. The Morgan fingerprint density at radius 2 is 1.86 bits per heavy atom. The highest BCUT2D eigenvalue weighted by Crippen LogP contribution is 2.44. The molecule has 6 nitrogen and oxygen atoms in total. The van der Waals surface area contributed by atoms with E-state index in [2.05, 4.69) is 10.2 Å². The minimum atomic E-state index is -3.48. The van der Waals surface area contributed by atoms with Crippen molar-refractivity contribution in [2.75, 3.05) is 32.8 Å². The van der Waals surface area contributed by atoms with E-state index >= 15 is 0 Å². The summed E-state index contributed by atoms with van der Waals surface area (Å²) in [6.07, 6.45) is 5.27. The molecular weight excluding hydrogens is 394 g/mol. The number of sulfonamides is 1. The van der Waals surface area contributed by atoms with Crippen LogP contribution in [0, 0.1) is 11.8 Å². The normalized spacial score (nSPS) is 27.8. The van der Waals surface area contributed by atoms with Crippen LogP contribution in [0.3, 0.4) is 0 Å². The molecule has 28 heavy (non-hydrogen) atoms. The molecule has 1 heterocycles. The van der Waals surface area contributed by atoms with Crippen LogP contribution in [0.2, 0.25) is 0 Å². The van der Waals surface area contributed by atoms with E-state index in [1.807, 2.05) is 6.92 Å². The molecule has 1 saturated heterocycles. The SMILES string of the molecule is CCOc1ccc(S(=O)(=O)N2CCN(C(=S)NC3CC4CCC3C4)CC2)cc1. The van der Waals surface area contributed by atoms with Gasteiger partial charge in [0.15, 0.2) is 5.11 Å². The van der Waals surface area contributed by atoms with Crippen LogP contribution in [-0.4, -0.2) is 61.6 Å². The Labute approximate surface area is 173 Å². The Kier molecular flexibility index (Phi) is 5.81. The number of rotatable bonds is 5. The highest BCUT2D eigenvalue weighted by molar-refractivity contribution is 7.89. The van der Waals surface area contributed by atoms with Crippen LogP contribution in [0.1, 0.15) is 32.6 Å². The predicted molar refractivity (Wildman–Crippen MR) is 113 cm³/mol. The molecule has 1 aromatic rings. The number of nitrogens with zero attached hydrogens (tertiary/aromatic N) is 2. The highest BCUT2D eigenvalue weighted by atomic mass is 32.2. The van der Waals surface area contributed by atoms with Gasteiger partial charge in [-0.15, -0.1) is 0 Å². The molecule has 0 aromatic heterocycles. The lowest BCUT2D eigenvalue weighted by Crippen LogP contribution is -2.54. The highest BCUT2D eigenvalue weighted by Gasteiger charge is 2.40. The van der Waals surface area contributed by atoms with Crippen LogP contribution in [-0.2, 0) is 10.0 Å². The molecule has 4 rings (SSSR count). The lowest BCUT2D eigenvalue weighted by atomic mass is 9.95. The molecule has 3 unspecified atom stereocenters. The zero-order chi connectivity index (χ0) is 19.7. The summed E-state index contributed by atoms with van der Waals surface area (Å²) in [5, 5.41) is 4.35. The van der Waals surface area contributed by atoms with Gasteiger partial charge in [-0.25, -0.2) is 8.42 Å². The first kappa shape index (κ1) is 19.9. The van der Waals surface area contributed by atoms with Crippen molar-refractivity contribution in [3.63, 3.8) is 0 Å². The molecule has 3 atom stereocenters. The van der Waals surface area contributed by atoms with Gasteiger partial charge in [-0.3, -0.25) is 0 Å². The van der Waals surface area contributed by atoms with Gasteiger partial charge in [0.1, 0.15) is 5.75 Å². The second-order valence-electron chi connectivity index (χ2n) is 8.03. The van der Waals surface area contributed by atoms with E-state index in [1.165, 1.54) is 25.7 Å². The number of piperazine rings is 1. The zero-order valence-electron chi connectivity index (χ0n) is 16.3. The number of thiocarbonyl (C=S) groups is 1. The van der Waals surface area contributed by atoms with Crippen molar-refractivity contribution in [1.29, 1.82) is 0 Å². The predicted octanol–water partition coefficient (Wildman–Crippen LogP) is 2.45. The standard InChI is InChI=1S/C20H29N3O3S2/c1-2-26-17-5-7-18(8-6-17)28(24,25)23-11-9-22(10-12-23)20(27)21-19-14-15-3-4-16(19)13-15/h5-8,15-16,19H,2-4,9-14H2,1H3,(H,21,27). The molecule has 0 radical (unpaired) electrons. The quantitative estimate of drug-likeness (QED) is 0.734. The van der Waals surface area contributed by atoms with E-state index in [9.17, 15) is 8.42 Å². The molecule has 3 fully saturated rings. The third-order valence-corrected chi connectivity index (χ3v) is 8.63. The summed E-state index contributed by atoms with van der Waals surface area (Å²) < 4.78 is 32.8. The Morgan fingerprint density at radius 1 is 1.14 bits per heavy atom. The first-order valence-electron chi connectivity index (χ1n) is 10.3. The lowest BCUT2D eigenvalue weighted by Gasteiger charge is -2.37. The first-order chi connectivity index (χ1) is 13.5. The molecule has 0 spiro atoms. The van der Waals surface area contributed by atoms with Crippen molar-refractivity contribution in [3.05, 3.63) is 24.3 Å². The van der Waals surface area contributed by atoms with Crippen LogP contribution in [0.4, 0.5) is 0 Å². The van der Waals surface area contributed by atoms with Gasteiger partial charge in [0, 0.05) is 32.2 Å². The van der Waals surface area contributed by atoms with Crippen molar-refractivity contribution < 1.29 is 13.2 Å². The van der Waals surface area contributed by atoms with E-state index in [0.717, 1.165) is 16.9 Å². The van der Waals surface area contributed by atoms with Crippen LogP contribution >= 0.6 is 12.2 Å². The summed E-state index contributed by atoms with van der Waals surface area (Å²) in [5.74, 6) is 2.33. The van der Waals surface area contributed by atoms with Crippen molar-refractivity contribution >= 4 is 27.4 Å². The van der Waals surface area contributed by atoms with E-state index in [1.54, 1.807) is 28.6 Å². The number of hydrogen-bond acceptors (Lipinski definition) is 4. The van der Waals surface area contributed by atoms with Gasteiger partial charge in [0.05, 0.1) is 11.5 Å². The van der Waals surface area contributed by atoms with Crippen molar-refractivity contribution in [1.82, 2.24) is 14.5 Å². The van der Waals surface area contributed by atoms with Gasteiger partial charge in [-0.1, -0.05) is 6.42 Å². The van der Waals surface area contributed by atoms with Gasteiger partial charge in [-0.05, 0) is 74.5 Å². The van der Waals surface area contributed by atoms with Gasteiger partial charge in [-0.2, -0.15) is 4.31 Å². The molecule has 2 saturated carbocycles. The Morgan fingerprint density at radius 3 is 2.43 bits per heavy atom. The average molecular weight is 424 g/mol. The van der Waals surface area contributed by atoms with Crippen LogP contribution < -0.4 is 10.1 Å². The smallest absolute Gasteiger partial charge is 0.243 e. The third-order valence-electron chi connectivity index (χ3n) is 6.35. The maximum Gasteiger partial charge on any atom is 0.243 e. The lowest BCUT2D eigenvalue weighted by molar-refractivity contribution is 0.258. The van der Waals surface area contributed by atoms with Gasteiger partial charge >= 0.3 is 0 Å².